The van der Waals surface area contributed by atoms with Gasteiger partial charge >= 0.3 is 5.97 Å². The third kappa shape index (κ3) is 5.13. The molecule has 148 valence electrons. The number of esters is 1. The maximum atomic E-state index is 12.5. The highest BCUT2D eigenvalue weighted by molar-refractivity contribution is 5.97. The van der Waals surface area contributed by atoms with Crippen LogP contribution in [0.1, 0.15) is 30.8 Å². The monoisotopic (exact) mass is 392 g/mol. The van der Waals surface area contributed by atoms with Crippen LogP contribution in [0.25, 0.3) is 11.0 Å². The van der Waals surface area contributed by atoms with Crippen molar-refractivity contribution in [1.82, 2.24) is 9.97 Å². The molecule has 1 atom stereocenters. The molecular weight excluding hydrogens is 372 g/mol. The number of hydrogen-bond donors (Lipinski definition) is 2. The van der Waals surface area contributed by atoms with E-state index in [0.717, 1.165) is 0 Å². The summed E-state index contributed by atoms with van der Waals surface area (Å²) in [7, 11) is 0. The van der Waals surface area contributed by atoms with Gasteiger partial charge in [0, 0.05) is 18.3 Å². The van der Waals surface area contributed by atoms with Gasteiger partial charge in [0.05, 0.1) is 17.2 Å². The maximum absolute atomic E-state index is 12.5. The molecule has 8 heteroatoms. The lowest BCUT2D eigenvalue weighted by Crippen LogP contribution is -2.32. The van der Waals surface area contributed by atoms with Crippen molar-refractivity contribution in [3.8, 4) is 0 Å². The molecule has 1 aromatic heterocycles. The summed E-state index contributed by atoms with van der Waals surface area (Å²) in [6.07, 6.45) is 0.643. The van der Waals surface area contributed by atoms with Crippen molar-refractivity contribution in [2.75, 3.05) is 10.6 Å². The van der Waals surface area contributed by atoms with Crippen LogP contribution in [-0.2, 0) is 14.3 Å². The number of benzene rings is 2. The second kappa shape index (κ2) is 8.92. The molecule has 0 saturated heterocycles. The van der Waals surface area contributed by atoms with Gasteiger partial charge in [-0.1, -0.05) is 19.1 Å². The van der Waals surface area contributed by atoms with Crippen LogP contribution in [0.4, 0.5) is 11.4 Å². The number of aromatic nitrogens is 2. The van der Waals surface area contributed by atoms with Gasteiger partial charge in [-0.3, -0.25) is 14.6 Å². The summed E-state index contributed by atoms with van der Waals surface area (Å²) in [5.41, 5.74) is 2.40. The third-order valence-corrected chi connectivity index (χ3v) is 4.04. The van der Waals surface area contributed by atoms with Crippen molar-refractivity contribution < 1.29 is 19.1 Å². The zero-order chi connectivity index (χ0) is 20.8. The molecule has 2 N–H and O–H groups in total. The first-order chi connectivity index (χ1) is 14.0. The van der Waals surface area contributed by atoms with Crippen LogP contribution in [0, 0.1) is 0 Å². The highest BCUT2D eigenvalue weighted by atomic mass is 16.5. The molecule has 0 radical (unpaired) electrons. The van der Waals surface area contributed by atoms with Crippen molar-refractivity contribution in [3.05, 3.63) is 60.4 Å². The Morgan fingerprint density at radius 1 is 0.966 bits per heavy atom. The number of fused-ring (bicyclic) bond motifs is 1. The largest absolute Gasteiger partial charge is 0.447 e. The smallest absolute Gasteiger partial charge is 0.359 e. The lowest BCUT2D eigenvalue weighted by Gasteiger charge is -2.16. The van der Waals surface area contributed by atoms with Crippen LogP contribution < -0.4 is 10.6 Å². The first-order valence-electron chi connectivity index (χ1n) is 9.07. The highest BCUT2D eigenvalue weighted by Crippen LogP contribution is 2.15. The van der Waals surface area contributed by atoms with E-state index in [1.165, 1.54) is 13.1 Å². The van der Waals surface area contributed by atoms with E-state index in [1.807, 2.05) is 6.07 Å². The quantitative estimate of drug-likeness (QED) is 0.624. The van der Waals surface area contributed by atoms with Gasteiger partial charge < -0.3 is 15.4 Å². The van der Waals surface area contributed by atoms with Crippen LogP contribution in [0.15, 0.2) is 54.7 Å². The number of carbonyl (C=O) groups is 3. The average molecular weight is 392 g/mol. The van der Waals surface area contributed by atoms with Crippen molar-refractivity contribution in [2.45, 2.75) is 26.4 Å². The molecule has 2 aromatic carbocycles. The molecule has 3 rings (SSSR count). The first-order valence-corrected chi connectivity index (χ1v) is 9.07. The molecule has 0 fully saturated rings. The second-order valence-corrected chi connectivity index (χ2v) is 6.29. The standard InChI is InChI=1S/C21H20N4O4/c1-3-19(20(27)24-15-10-8-14(9-11-15)23-13(2)26)29-21(28)18-12-22-16-6-4-5-7-17(16)25-18/h4-12,19H,3H2,1-2H3,(H,23,26)(H,24,27). The van der Waals surface area contributed by atoms with Crippen LogP contribution in [-0.4, -0.2) is 33.9 Å². The summed E-state index contributed by atoms with van der Waals surface area (Å²) in [5.74, 6) is -1.36. The molecule has 8 nitrogen and oxygen atoms in total. The van der Waals surface area contributed by atoms with E-state index in [9.17, 15) is 14.4 Å². The van der Waals surface area contributed by atoms with E-state index in [-0.39, 0.29) is 11.6 Å². The van der Waals surface area contributed by atoms with Gasteiger partial charge in [0.15, 0.2) is 11.8 Å². The Hall–Kier alpha value is -3.81. The van der Waals surface area contributed by atoms with Gasteiger partial charge in [-0.25, -0.2) is 9.78 Å². The Morgan fingerprint density at radius 3 is 2.21 bits per heavy atom. The molecule has 0 aliphatic heterocycles. The predicted molar refractivity (Wildman–Crippen MR) is 108 cm³/mol. The summed E-state index contributed by atoms with van der Waals surface area (Å²) < 4.78 is 5.33. The summed E-state index contributed by atoms with van der Waals surface area (Å²) in [6.45, 7) is 3.15. The number of hydrogen-bond acceptors (Lipinski definition) is 6. The number of para-hydroxylation sites is 2. The molecule has 3 aromatic rings. The van der Waals surface area contributed by atoms with Crippen LogP contribution in [0.2, 0.25) is 0 Å². The fourth-order valence-electron chi connectivity index (χ4n) is 2.63. The summed E-state index contributed by atoms with van der Waals surface area (Å²) in [6, 6.07) is 13.8. The number of ether oxygens (including phenoxy) is 1. The Morgan fingerprint density at radius 2 is 1.59 bits per heavy atom. The van der Waals surface area contributed by atoms with Crippen molar-refractivity contribution in [3.63, 3.8) is 0 Å². The minimum atomic E-state index is -0.981. The average Bonchev–Trinajstić information content (AvgIpc) is 2.72. The van der Waals surface area contributed by atoms with E-state index in [0.29, 0.717) is 28.8 Å². The van der Waals surface area contributed by atoms with Gasteiger partial charge in [0.25, 0.3) is 5.91 Å². The fourth-order valence-corrected chi connectivity index (χ4v) is 2.63. The molecule has 0 spiro atoms. The van der Waals surface area contributed by atoms with E-state index in [1.54, 1.807) is 49.4 Å². The summed E-state index contributed by atoms with van der Waals surface area (Å²) >= 11 is 0. The summed E-state index contributed by atoms with van der Waals surface area (Å²) in [5, 5.41) is 5.34. The van der Waals surface area contributed by atoms with Crippen LogP contribution in [0.5, 0.6) is 0 Å². The molecule has 1 unspecified atom stereocenters. The topological polar surface area (TPSA) is 110 Å². The van der Waals surface area contributed by atoms with E-state index >= 15 is 0 Å². The van der Waals surface area contributed by atoms with Crippen molar-refractivity contribution in [1.29, 1.82) is 0 Å². The predicted octanol–water partition coefficient (Wildman–Crippen LogP) is 3.16. The molecule has 0 saturated carbocycles. The number of anilines is 2. The van der Waals surface area contributed by atoms with Crippen molar-refractivity contribution in [2.24, 2.45) is 0 Å². The van der Waals surface area contributed by atoms with Gasteiger partial charge in [-0.05, 0) is 42.8 Å². The lowest BCUT2D eigenvalue weighted by atomic mass is 10.2. The maximum Gasteiger partial charge on any atom is 0.359 e. The number of amides is 2. The highest BCUT2D eigenvalue weighted by Gasteiger charge is 2.23. The lowest BCUT2D eigenvalue weighted by molar-refractivity contribution is -0.124. The molecule has 0 aliphatic carbocycles. The van der Waals surface area contributed by atoms with Gasteiger partial charge in [-0.15, -0.1) is 0 Å². The van der Waals surface area contributed by atoms with Gasteiger partial charge in [0.2, 0.25) is 5.91 Å². The SMILES string of the molecule is CCC(OC(=O)c1cnc2ccccc2n1)C(=O)Nc1ccc(NC(C)=O)cc1. The number of nitrogens with zero attached hydrogens (tertiary/aromatic N) is 2. The molecular formula is C21H20N4O4. The van der Waals surface area contributed by atoms with E-state index in [4.69, 9.17) is 4.74 Å². The normalized spacial score (nSPS) is 11.5. The van der Waals surface area contributed by atoms with Gasteiger partial charge in [0.1, 0.15) is 0 Å². The first kappa shape index (κ1) is 19.9. The molecule has 0 aliphatic rings. The van der Waals surface area contributed by atoms with Gasteiger partial charge in [-0.2, -0.15) is 0 Å². The molecule has 29 heavy (non-hydrogen) atoms. The fraction of sp³-hybridized carbons (Fsp3) is 0.190. The van der Waals surface area contributed by atoms with Crippen LogP contribution >= 0.6 is 0 Å². The van der Waals surface area contributed by atoms with Crippen molar-refractivity contribution >= 4 is 40.2 Å². The Bertz CT molecular complexity index is 1050. The van der Waals surface area contributed by atoms with Crippen LogP contribution in [0.3, 0.4) is 0 Å². The number of nitrogens with one attached hydrogen (secondary N) is 2. The molecule has 2 amide bonds. The van der Waals surface area contributed by atoms with E-state index in [2.05, 4.69) is 20.6 Å². The Labute approximate surface area is 167 Å². The third-order valence-electron chi connectivity index (χ3n) is 4.04. The zero-order valence-electron chi connectivity index (χ0n) is 16.0. The van der Waals surface area contributed by atoms with E-state index < -0.39 is 18.0 Å². The Kier molecular flexibility index (Phi) is 6.13. The zero-order valence-corrected chi connectivity index (χ0v) is 16.0. The Balaban J connectivity index is 1.65. The number of carbonyl (C=O) groups excluding carboxylic acids is 3. The minimum absolute atomic E-state index is 0.0367. The molecule has 0 bridgehead atoms. The molecule has 1 heterocycles. The minimum Gasteiger partial charge on any atom is -0.447 e. The second-order valence-electron chi connectivity index (χ2n) is 6.29. The summed E-state index contributed by atoms with van der Waals surface area (Å²) in [4.78, 5) is 44.4. The number of rotatable bonds is 6.